The Bertz CT molecular complexity index is 893. The van der Waals surface area contributed by atoms with Gasteiger partial charge < -0.3 is 9.84 Å². The highest BCUT2D eigenvalue weighted by Crippen LogP contribution is 2.50. The van der Waals surface area contributed by atoms with Crippen molar-refractivity contribution in [2.45, 2.75) is 37.5 Å². The van der Waals surface area contributed by atoms with E-state index in [1.54, 1.807) is 11.3 Å². The highest BCUT2D eigenvalue weighted by atomic mass is 35.5. The highest BCUT2D eigenvalue weighted by Gasteiger charge is 2.50. The molecule has 0 fully saturated rings. The van der Waals surface area contributed by atoms with E-state index in [0.717, 1.165) is 36.3 Å². The van der Waals surface area contributed by atoms with Crippen molar-refractivity contribution in [3.05, 3.63) is 63.0 Å². The summed E-state index contributed by atoms with van der Waals surface area (Å²) in [6, 6.07) is 9.97. The number of hydrogen-bond donors (Lipinski definition) is 1. The smallest absolute Gasteiger partial charge is 0.220 e. The summed E-state index contributed by atoms with van der Waals surface area (Å²) in [5.74, 6) is 1.21. The van der Waals surface area contributed by atoms with Crippen molar-refractivity contribution >= 4 is 28.6 Å². The van der Waals surface area contributed by atoms with Crippen LogP contribution < -0.4 is 4.74 Å². The molecule has 0 unspecified atom stereocenters. The Morgan fingerprint density at radius 3 is 3.08 bits per heavy atom. The Hall–Kier alpha value is -1.98. The summed E-state index contributed by atoms with van der Waals surface area (Å²) in [4.78, 5) is 1.18. The normalized spacial score (nSPS) is 27.4. The second-order valence-corrected chi connectivity index (χ2v) is 8.09. The summed E-state index contributed by atoms with van der Waals surface area (Å²) < 4.78 is 6.39. The number of ether oxygens (including phenoxy) is 1. The minimum Gasteiger partial charge on any atom is -0.512 e. The molecule has 25 heavy (non-hydrogen) atoms. The van der Waals surface area contributed by atoms with Crippen LogP contribution in [-0.4, -0.2) is 21.6 Å². The molecule has 0 bridgehead atoms. The SMILES string of the molecule is OC1=C[C@]2(CCC1)Oc1ccc(Cl)cc1[C@H]1CC(c3cccs3)=NN12. The van der Waals surface area contributed by atoms with Gasteiger partial charge in [-0.05, 0) is 36.1 Å². The van der Waals surface area contributed by atoms with Crippen LogP contribution in [0.1, 0.15) is 42.2 Å². The van der Waals surface area contributed by atoms with Crippen molar-refractivity contribution in [3.8, 4) is 5.75 Å². The Kier molecular flexibility index (Phi) is 3.37. The number of hydrazone groups is 1. The molecule has 3 aliphatic rings. The van der Waals surface area contributed by atoms with E-state index < -0.39 is 5.72 Å². The van der Waals surface area contributed by atoms with Gasteiger partial charge in [0.1, 0.15) is 5.75 Å². The molecule has 1 aromatic carbocycles. The van der Waals surface area contributed by atoms with Gasteiger partial charge in [0.05, 0.1) is 22.4 Å². The number of hydrogen-bond acceptors (Lipinski definition) is 5. The lowest BCUT2D eigenvalue weighted by Gasteiger charge is -2.47. The maximum absolute atomic E-state index is 10.2. The van der Waals surface area contributed by atoms with E-state index in [1.165, 1.54) is 4.88 Å². The van der Waals surface area contributed by atoms with Crippen molar-refractivity contribution in [1.82, 2.24) is 5.01 Å². The fourth-order valence-electron chi connectivity index (χ4n) is 3.99. The molecule has 2 aromatic rings. The van der Waals surface area contributed by atoms with Gasteiger partial charge in [0, 0.05) is 35.9 Å². The molecule has 2 atom stereocenters. The predicted molar refractivity (Wildman–Crippen MR) is 99.4 cm³/mol. The van der Waals surface area contributed by atoms with Gasteiger partial charge in [0.15, 0.2) is 0 Å². The van der Waals surface area contributed by atoms with Crippen molar-refractivity contribution in [2.75, 3.05) is 0 Å². The van der Waals surface area contributed by atoms with E-state index in [-0.39, 0.29) is 6.04 Å². The number of nitrogens with zero attached hydrogens (tertiary/aromatic N) is 2. The van der Waals surface area contributed by atoms with Crippen molar-refractivity contribution in [3.63, 3.8) is 0 Å². The first-order valence-electron chi connectivity index (χ1n) is 8.44. The molecule has 2 aliphatic heterocycles. The fraction of sp³-hybridized carbons (Fsp3) is 0.316. The largest absolute Gasteiger partial charge is 0.512 e. The number of halogens is 1. The molecule has 1 N–H and O–H groups in total. The minimum atomic E-state index is -0.715. The van der Waals surface area contributed by atoms with Crippen LogP contribution in [0.15, 0.2) is 52.6 Å². The summed E-state index contributed by atoms with van der Waals surface area (Å²) in [7, 11) is 0. The van der Waals surface area contributed by atoms with Crippen LogP contribution in [0.5, 0.6) is 5.75 Å². The Balaban J connectivity index is 1.66. The first-order valence-corrected chi connectivity index (χ1v) is 9.70. The van der Waals surface area contributed by atoms with E-state index in [9.17, 15) is 5.11 Å². The number of rotatable bonds is 1. The van der Waals surface area contributed by atoms with E-state index in [2.05, 4.69) is 11.4 Å². The lowest BCUT2D eigenvalue weighted by atomic mass is 9.90. The summed E-state index contributed by atoms with van der Waals surface area (Å²) >= 11 is 7.94. The molecule has 0 saturated carbocycles. The van der Waals surface area contributed by atoms with Crippen LogP contribution >= 0.6 is 22.9 Å². The summed E-state index contributed by atoms with van der Waals surface area (Å²) in [6.45, 7) is 0. The van der Waals surface area contributed by atoms with Crippen LogP contribution in [0.4, 0.5) is 0 Å². The molecule has 128 valence electrons. The van der Waals surface area contributed by atoms with Crippen LogP contribution in [0, 0.1) is 0 Å². The highest BCUT2D eigenvalue weighted by molar-refractivity contribution is 7.12. The lowest BCUT2D eigenvalue weighted by molar-refractivity contribution is -0.0944. The molecule has 1 aliphatic carbocycles. The zero-order valence-electron chi connectivity index (χ0n) is 13.5. The van der Waals surface area contributed by atoms with Crippen LogP contribution in [0.2, 0.25) is 5.02 Å². The van der Waals surface area contributed by atoms with Gasteiger partial charge in [-0.15, -0.1) is 11.3 Å². The number of aliphatic hydroxyl groups excluding tert-OH is 1. The average molecular weight is 373 g/mol. The lowest BCUT2D eigenvalue weighted by Crippen LogP contribution is -2.53. The van der Waals surface area contributed by atoms with E-state index >= 15 is 0 Å². The molecule has 0 saturated heterocycles. The second-order valence-electron chi connectivity index (χ2n) is 6.71. The molecule has 6 heteroatoms. The summed E-state index contributed by atoms with van der Waals surface area (Å²) in [6.07, 6.45) is 5.02. The first-order chi connectivity index (χ1) is 12.1. The van der Waals surface area contributed by atoms with Gasteiger partial charge in [-0.25, -0.2) is 5.01 Å². The molecule has 0 radical (unpaired) electrons. The van der Waals surface area contributed by atoms with Crippen LogP contribution in [0.3, 0.4) is 0 Å². The van der Waals surface area contributed by atoms with Gasteiger partial charge in [-0.2, -0.15) is 5.10 Å². The zero-order valence-corrected chi connectivity index (χ0v) is 15.1. The van der Waals surface area contributed by atoms with Gasteiger partial charge in [-0.1, -0.05) is 17.7 Å². The number of fused-ring (bicyclic) bond motifs is 4. The fourth-order valence-corrected chi connectivity index (χ4v) is 4.89. The predicted octanol–water partition coefficient (Wildman–Crippen LogP) is 5.27. The molecule has 3 heterocycles. The standard InChI is InChI=1S/C19H17ClN2O2S/c20-12-5-6-17-14(9-12)16-10-15(18-4-2-8-25-18)21-22(16)19(24-17)7-1-3-13(23)11-19/h2,4-6,8-9,11,16,23H,1,3,7,10H2/t16-,19+/m1/s1. The quantitative estimate of drug-likeness (QED) is 0.741. The van der Waals surface area contributed by atoms with E-state index in [4.69, 9.17) is 21.4 Å². The molecule has 5 rings (SSSR count). The Morgan fingerprint density at radius 1 is 1.36 bits per heavy atom. The van der Waals surface area contributed by atoms with Gasteiger partial charge in [-0.3, -0.25) is 0 Å². The number of benzene rings is 1. The van der Waals surface area contributed by atoms with Gasteiger partial charge >= 0.3 is 0 Å². The van der Waals surface area contributed by atoms with Gasteiger partial charge in [0.25, 0.3) is 0 Å². The third-order valence-electron chi connectivity index (χ3n) is 5.08. The number of allylic oxidation sites excluding steroid dienone is 1. The first kappa shape index (κ1) is 15.3. The second kappa shape index (κ2) is 5.51. The molecular formula is C19H17ClN2O2S. The number of aliphatic hydroxyl groups is 1. The Labute approximate surface area is 155 Å². The maximum atomic E-state index is 10.2. The average Bonchev–Trinajstić information content (AvgIpc) is 3.25. The van der Waals surface area contributed by atoms with E-state index in [1.807, 2.05) is 35.4 Å². The van der Waals surface area contributed by atoms with E-state index in [0.29, 0.717) is 17.2 Å². The minimum absolute atomic E-state index is 0.0710. The third kappa shape index (κ3) is 2.37. The van der Waals surface area contributed by atoms with Gasteiger partial charge in [0.2, 0.25) is 5.72 Å². The number of thiophene rings is 1. The third-order valence-corrected chi connectivity index (χ3v) is 6.24. The molecule has 0 amide bonds. The zero-order chi connectivity index (χ0) is 17.0. The van der Waals surface area contributed by atoms with Crippen LogP contribution in [0.25, 0.3) is 0 Å². The molecule has 1 spiro atoms. The van der Waals surface area contributed by atoms with Crippen molar-refractivity contribution in [1.29, 1.82) is 0 Å². The summed E-state index contributed by atoms with van der Waals surface area (Å²) in [5.41, 5.74) is 1.41. The summed E-state index contributed by atoms with van der Waals surface area (Å²) in [5, 5.41) is 19.9. The molecule has 4 nitrogen and oxygen atoms in total. The van der Waals surface area contributed by atoms with Crippen molar-refractivity contribution < 1.29 is 9.84 Å². The monoisotopic (exact) mass is 372 g/mol. The van der Waals surface area contributed by atoms with Crippen LogP contribution in [-0.2, 0) is 0 Å². The Morgan fingerprint density at radius 2 is 2.28 bits per heavy atom. The topological polar surface area (TPSA) is 45.1 Å². The maximum Gasteiger partial charge on any atom is 0.220 e. The van der Waals surface area contributed by atoms with Crippen molar-refractivity contribution in [2.24, 2.45) is 5.10 Å². The molecular weight excluding hydrogens is 356 g/mol. The molecule has 1 aromatic heterocycles.